The number of hydrogen-bond donors (Lipinski definition) is 1. The number of piperidine rings is 1. The molecule has 1 fully saturated rings. The molecule has 6 heteroatoms. The predicted molar refractivity (Wildman–Crippen MR) is 73.2 cm³/mol. The fraction of sp³-hybridized carbons (Fsp3) is 0.846. The smallest absolute Gasteiger partial charge is 0.318 e. The summed E-state index contributed by atoms with van der Waals surface area (Å²) >= 11 is 0. The molecule has 108 valence electrons. The molecule has 1 saturated heterocycles. The molecular weight excluding hydrogens is 244 g/mol. The Morgan fingerprint density at radius 3 is 3.05 bits per heavy atom. The third-order valence-electron chi connectivity index (χ3n) is 3.58. The van der Waals surface area contributed by atoms with E-state index in [1.807, 2.05) is 0 Å². The lowest BCUT2D eigenvalue weighted by Crippen LogP contribution is -2.47. The fourth-order valence-electron chi connectivity index (χ4n) is 2.35. The number of ether oxygens (including phenoxy) is 1. The summed E-state index contributed by atoms with van der Waals surface area (Å²) in [6.07, 6.45) is 3.24. The van der Waals surface area contributed by atoms with Crippen molar-refractivity contribution in [2.75, 3.05) is 31.6 Å². The summed E-state index contributed by atoms with van der Waals surface area (Å²) in [5, 5.41) is 11.5. The van der Waals surface area contributed by atoms with Gasteiger partial charge in [-0.1, -0.05) is 12.0 Å². The van der Waals surface area contributed by atoms with Crippen LogP contribution < -0.4 is 10.2 Å². The van der Waals surface area contributed by atoms with Crippen LogP contribution in [0.4, 0.5) is 6.01 Å². The maximum absolute atomic E-state index is 5.69. The van der Waals surface area contributed by atoms with Crippen molar-refractivity contribution in [2.24, 2.45) is 0 Å². The van der Waals surface area contributed by atoms with Crippen molar-refractivity contribution in [2.45, 2.75) is 45.3 Å². The van der Waals surface area contributed by atoms with Gasteiger partial charge in [-0.2, -0.15) is 0 Å². The summed E-state index contributed by atoms with van der Waals surface area (Å²) in [7, 11) is 1.76. The molecule has 1 aromatic heterocycles. The van der Waals surface area contributed by atoms with Crippen LogP contribution >= 0.6 is 0 Å². The van der Waals surface area contributed by atoms with E-state index in [1.54, 1.807) is 7.11 Å². The molecule has 0 saturated carbocycles. The average Bonchev–Trinajstić information content (AvgIpc) is 2.88. The zero-order valence-electron chi connectivity index (χ0n) is 12.1. The van der Waals surface area contributed by atoms with Crippen LogP contribution in [0, 0.1) is 0 Å². The quantitative estimate of drug-likeness (QED) is 0.790. The van der Waals surface area contributed by atoms with Crippen molar-refractivity contribution in [3.8, 4) is 0 Å². The number of anilines is 1. The van der Waals surface area contributed by atoms with Crippen LogP contribution in [0.5, 0.6) is 0 Å². The molecule has 1 aliphatic rings. The Hall–Kier alpha value is -1.14. The molecule has 1 unspecified atom stereocenters. The van der Waals surface area contributed by atoms with Crippen molar-refractivity contribution in [1.29, 1.82) is 0 Å². The minimum Gasteiger partial charge on any atom is -0.407 e. The van der Waals surface area contributed by atoms with E-state index in [9.17, 15) is 0 Å². The van der Waals surface area contributed by atoms with Crippen LogP contribution in [0.25, 0.3) is 0 Å². The zero-order valence-corrected chi connectivity index (χ0v) is 12.1. The van der Waals surface area contributed by atoms with Crippen molar-refractivity contribution < 1.29 is 9.15 Å². The van der Waals surface area contributed by atoms with Crippen LogP contribution in [0.15, 0.2) is 4.42 Å². The Labute approximate surface area is 114 Å². The minimum absolute atomic E-state index is 0.118. The molecule has 1 N–H and O–H groups in total. The van der Waals surface area contributed by atoms with Gasteiger partial charge in [-0.3, -0.25) is 0 Å². The molecule has 1 aliphatic heterocycles. The number of methoxy groups -OCH3 is 1. The van der Waals surface area contributed by atoms with E-state index in [-0.39, 0.29) is 5.60 Å². The molecule has 0 aliphatic carbocycles. The molecule has 0 aromatic carbocycles. The van der Waals surface area contributed by atoms with Gasteiger partial charge in [-0.05, 0) is 32.7 Å². The Bertz CT molecular complexity index is 396. The number of aromatic nitrogens is 2. The van der Waals surface area contributed by atoms with Crippen molar-refractivity contribution in [3.05, 3.63) is 5.89 Å². The van der Waals surface area contributed by atoms with Gasteiger partial charge in [0.05, 0.1) is 18.7 Å². The van der Waals surface area contributed by atoms with Gasteiger partial charge in [0.1, 0.15) is 0 Å². The maximum Gasteiger partial charge on any atom is 0.318 e. The summed E-state index contributed by atoms with van der Waals surface area (Å²) in [4.78, 5) is 2.11. The highest BCUT2D eigenvalue weighted by Crippen LogP contribution is 2.27. The van der Waals surface area contributed by atoms with Gasteiger partial charge in [0.2, 0.25) is 5.89 Å². The summed E-state index contributed by atoms with van der Waals surface area (Å²) < 4.78 is 11.3. The van der Waals surface area contributed by atoms with Gasteiger partial charge in [-0.25, -0.2) is 0 Å². The second-order valence-corrected chi connectivity index (χ2v) is 5.33. The first-order valence-corrected chi connectivity index (χ1v) is 7.00. The first-order chi connectivity index (χ1) is 9.17. The van der Waals surface area contributed by atoms with E-state index in [1.165, 1.54) is 0 Å². The van der Waals surface area contributed by atoms with Crippen LogP contribution in [0.3, 0.4) is 0 Å². The highest BCUT2D eigenvalue weighted by atomic mass is 16.5. The standard InChI is InChI=1S/C13H24N4O2/c1-4-7-14-9-11-15-16-12(19-11)17-8-5-6-13(2,10-17)18-3/h14H,4-10H2,1-3H3. The summed E-state index contributed by atoms with van der Waals surface area (Å²) in [6, 6.07) is 0.608. The maximum atomic E-state index is 5.69. The first kappa shape index (κ1) is 14.3. The molecule has 19 heavy (non-hydrogen) atoms. The molecule has 0 bridgehead atoms. The van der Waals surface area contributed by atoms with Crippen molar-refractivity contribution in [1.82, 2.24) is 15.5 Å². The average molecular weight is 268 g/mol. The Kier molecular flexibility index (Phi) is 4.76. The normalized spacial score (nSPS) is 23.8. The second-order valence-electron chi connectivity index (χ2n) is 5.33. The molecule has 1 aromatic rings. The molecule has 0 amide bonds. The lowest BCUT2D eigenvalue weighted by molar-refractivity contribution is -0.00568. The lowest BCUT2D eigenvalue weighted by atomic mass is 9.95. The van der Waals surface area contributed by atoms with Gasteiger partial charge >= 0.3 is 6.01 Å². The van der Waals surface area contributed by atoms with E-state index in [0.29, 0.717) is 18.5 Å². The van der Waals surface area contributed by atoms with Crippen LogP contribution in [0.1, 0.15) is 39.0 Å². The number of hydrogen-bond acceptors (Lipinski definition) is 6. The second kappa shape index (κ2) is 6.34. The monoisotopic (exact) mass is 268 g/mol. The summed E-state index contributed by atoms with van der Waals surface area (Å²) in [5.41, 5.74) is -0.118. The fourth-order valence-corrected chi connectivity index (χ4v) is 2.35. The minimum atomic E-state index is -0.118. The van der Waals surface area contributed by atoms with E-state index in [2.05, 4.69) is 34.3 Å². The molecule has 6 nitrogen and oxygen atoms in total. The first-order valence-electron chi connectivity index (χ1n) is 7.00. The summed E-state index contributed by atoms with van der Waals surface area (Å²) in [5.74, 6) is 0.646. The zero-order chi connectivity index (χ0) is 13.7. The molecule has 2 heterocycles. The SMILES string of the molecule is CCCNCc1nnc(N2CCCC(C)(OC)C2)o1. The highest BCUT2D eigenvalue weighted by Gasteiger charge is 2.32. The van der Waals surface area contributed by atoms with E-state index in [4.69, 9.17) is 9.15 Å². The molecule has 0 radical (unpaired) electrons. The van der Waals surface area contributed by atoms with Crippen LogP contribution in [-0.2, 0) is 11.3 Å². The van der Waals surface area contributed by atoms with E-state index >= 15 is 0 Å². The molecule has 0 spiro atoms. The third kappa shape index (κ3) is 3.67. The van der Waals surface area contributed by atoms with E-state index in [0.717, 1.165) is 38.9 Å². The largest absolute Gasteiger partial charge is 0.407 e. The number of nitrogens with zero attached hydrogens (tertiary/aromatic N) is 3. The van der Waals surface area contributed by atoms with Gasteiger partial charge < -0.3 is 19.4 Å². The number of nitrogens with one attached hydrogen (secondary N) is 1. The van der Waals surface area contributed by atoms with Crippen LogP contribution in [-0.4, -0.2) is 42.5 Å². The van der Waals surface area contributed by atoms with Gasteiger partial charge in [0.15, 0.2) is 0 Å². The Balaban J connectivity index is 1.94. The van der Waals surface area contributed by atoms with Crippen molar-refractivity contribution >= 4 is 6.01 Å². The Morgan fingerprint density at radius 1 is 1.47 bits per heavy atom. The Morgan fingerprint density at radius 2 is 2.32 bits per heavy atom. The van der Waals surface area contributed by atoms with E-state index < -0.39 is 0 Å². The topological polar surface area (TPSA) is 63.4 Å². The predicted octanol–water partition coefficient (Wildman–Crippen LogP) is 1.57. The summed E-state index contributed by atoms with van der Waals surface area (Å²) in [6.45, 7) is 7.60. The van der Waals surface area contributed by atoms with Gasteiger partial charge in [-0.15, -0.1) is 5.10 Å². The lowest BCUT2D eigenvalue weighted by Gasteiger charge is -2.38. The molecule has 2 rings (SSSR count). The molecule has 1 atom stereocenters. The molecular formula is C13H24N4O2. The van der Waals surface area contributed by atoms with Crippen LogP contribution in [0.2, 0.25) is 0 Å². The highest BCUT2D eigenvalue weighted by molar-refractivity contribution is 5.26. The number of rotatable bonds is 6. The van der Waals surface area contributed by atoms with Gasteiger partial charge in [0.25, 0.3) is 0 Å². The van der Waals surface area contributed by atoms with Gasteiger partial charge in [0, 0.05) is 13.7 Å². The van der Waals surface area contributed by atoms with Crippen molar-refractivity contribution in [3.63, 3.8) is 0 Å². The third-order valence-corrected chi connectivity index (χ3v) is 3.58.